The fraction of sp³-hybridized carbons (Fsp3) is 0.556. The van der Waals surface area contributed by atoms with E-state index in [1.807, 2.05) is 0 Å². The summed E-state index contributed by atoms with van der Waals surface area (Å²) in [4.78, 5) is 15.4. The van der Waals surface area contributed by atoms with Crippen molar-refractivity contribution in [3.8, 4) is 0 Å². The van der Waals surface area contributed by atoms with Gasteiger partial charge in [-0.1, -0.05) is 0 Å². The molecule has 0 radical (unpaired) electrons. The molecule has 0 bridgehead atoms. The molecule has 1 aromatic heterocycles. The molecule has 1 amide bonds. The van der Waals surface area contributed by atoms with Crippen LogP contribution in [0.1, 0.15) is 19.9 Å². The number of hydrogen-bond donors (Lipinski definition) is 2. The molecule has 1 aromatic rings. The molecule has 5 nitrogen and oxygen atoms in total. The Hall–Kier alpha value is -1.36. The van der Waals surface area contributed by atoms with Crippen molar-refractivity contribution < 1.29 is 9.90 Å². The summed E-state index contributed by atoms with van der Waals surface area (Å²) in [6, 6.07) is -0.514. The van der Waals surface area contributed by atoms with Gasteiger partial charge in [-0.05, 0) is 13.8 Å². The zero-order valence-corrected chi connectivity index (χ0v) is 8.34. The van der Waals surface area contributed by atoms with Crippen molar-refractivity contribution >= 4 is 5.91 Å². The van der Waals surface area contributed by atoms with Gasteiger partial charge in [0, 0.05) is 18.4 Å². The monoisotopic (exact) mass is 197 g/mol. The number of carbonyl (C=O) groups is 1. The number of aromatic nitrogens is 2. The van der Waals surface area contributed by atoms with Crippen LogP contribution in [0.3, 0.4) is 0 Å². The first-order valence-corrected chi connectivity index (χ1v) is 4.53. The predicted octanol–water partition coefficient (Wildman–Crippen LogP) is -0.0589. The number of rotatable bonds is 4. The van der Waals surface area contributed by atoms with E-state index in [4.69, 9.17) is 5.11 Å². The van der Waals surface area contributed by atoms with Gasteiger partial charge in [-0.15, -0.1) is 0 Å². The lowest BCUT2D eigenvalue weighted by Gasteiger charge is -2.16. The van der Waals surface area contributed by atoms with Crippen LogP contribution < -0.4 is 5.32 Å². The van der Waals surface area contributed by atoms with Crippen molar-refractivity contribution in [3.05, 3.63) is 18.7 Å². The Balaban J connectivity index is 2.53. The first-order valence-electron chi connectivity index (χ1n) is 4.53. The molecule has 5 heteroatoms. The maximum Gasteiger partial charge on any atom is 0.243 e. The summed E-state index contributed by atoms with van der Waals surface area (Å²) >= 11 is 0. The van der Waals surface area contributed by atoms with Crippen molar-refractivity contribution in [2.45, 2.75) is 25.9 Å². The van der Waals surface area contributed by atoms with Gasteiger partial charge in [-0.3, -0.25) is 4.79 Å². The van der Waals surface area contributed by atoms with Gasteiger partial charge in [0.05, 0.1) is 12.9 Å². The molecule has 0 aliphatic heterocycles. The van der Waals surface area contributed by atoms with E-state index in [0.717, 1.165) is 0 Å². The summed E-state index contributed by atoms with van der Waals surface area (Å²) in [6.45, 7) is 3.47. The number of nitrogens with one attached hydrogen (secondary N) is 1. The van der Waals surface area contributed by atoms with Gasteiger partial charge in [-0.2, -0.15) is 0 Å². The molecular formula is C9H15N3O2. The predicted molar refractivity (Wildman–Crippen MR) is 51.6 cm³/mol. The molecule has 2 atom stereocenters. The Morgan fingerprint density at radius 3 is 2.86 bits per heavy atom. The lowest BCUT2D eigenvalue weighted by atomic mass is 10.2. The van der Waals surface area contributed by atoms with Gasteiger partial charge in [0.15, 0.2) is 0 Å². The average molecular weight is 197 g/mol. The van der Waals surface area contributed by atoms with Crippen molar-refractivity contribution in [2.75, 3.05) is 6.61 Å². The molecule has 0 aliphatic rings. The molecule has 0 aromatic carbocycles. The fourth-order valence-corrected chi connectivity index (χ4v) is 1.04. The molecule has 0 saturated heterocycles. The Morgan fingerprint density at radius 1 is 1.64 bits per heavy atom. The van der Waals surface area contributed by atoms with Crippen LogP contribution in [0.15, 0.2) is 18.7 Å². The minimum absolute atomic E-state index is 0.0532. The smallest absolute Gasteiger partial charge is 0.243 e. The number of amides is 1. The lowest BCUT2D eigenvalue weighted by Crippen LogP contribution is -2.38. The second-order valence-corrected chi connectivity index (χ2v) is 3.28. The van der Waals surface area contributed by atoms with Gasteiger partial charge in [0.2, 0.25) is 5.91 Å². The van der Waals surface area contributed by atoms with Gasteiger partial charge in [0.25, 0.3) is 0 Å². The maximum absolute atomic E-state index is 11.5. The molecule has 14 heavy (non-hydrogen) atoms. The van der Waals surface area contributed by atoms with Crippen LogP contribution in [-0.2, 0) is 4.79 Å². The molecule has 1 heterocycles. The topological polar surface area (TPSA) is 67.2 Å². The van der Waals surface area contributed by atoms with Crippen LogP contribution >= 0.6 is 0 Å². The van der Waals surface area contributed by atoms with E-state index >= 15 is 0 Å². The largest absolute Gasteiger partial charge is 0.394 e. The van der Waals surface area contributed by atoms with Gasteiger partial charge in [-0.25, -0.2) is 4.98 Å². The third-order valence-electron chi connectivity index (χ3n) is 2.01. The number of nitrogens with zero attached hydrogens (tertiary/aromatic N) is 2. The number of hydrogen-bond acceptors (Lipinski definition) is 3. The Bertz CT molecular complexity index is 284. The van der Waals surface area contributed by atoms with Crippen molar-refractivity contribution in [1.29, 1.82) is 0 Å². The maximum atomic E-state index is 11.5. The Kier molecular flexibility index (Phi) is 3.64. The zero-order valence-electron chi connectivity index (χ0n) is 8.34. The minimum Gasteiger partial charge on any atom is -0.394 e. The van der Waals surface area contributed by atoms with Crippen LogP contribution in [0, 0.1) is 0 Å². The molecule has 2 N–H and O–H groups in total. The summed E-state index contributed by atoms with van der Waals surface area (Å²) in [7, 11) is 0. The van der Waals surface area contributed by atoms with Crippen LogP contribution in [-0.4, -0.2) is 33.2 Å². The van der Waals surface area contributed by atoms with Gasteiger partial charge < -0.3 is 15.0 Å². The quantitative estimate of drug-likeness (QED) is 0.710. The molecule has 2 unspecified atom stereocenters. The van der Waals surface area contributed by atoms with Gasteiger partial charge in [0.1, 0.15) is 6.04 Å². The van der Waals surface area contributed by atoms with Crippen LogP contribution in [0.5, 0.6) is 0 Å². The SMILES string of the molecule is CC(CO)NC(=O)C(C)n1ccnc1. The normalized spacial score (nSPS) is 14.8. The van der Waals surface area contributed by atoms with E-state index in [2.05, 4.69) is 10.3 Å². The van der Waals surface area contributed by atoms with Crippen LogP contribution in [0.25, 0.3) is 0 Å². The fourth-order valence-electron chi connectivity index (χ4n) is 1.04. The zero-order chi connectivity index (χ0) is 10.6. The number of aliphatic hydroxyl groups excluding tert-OH is 1. The third-order valence-corrected chi connectivity index (χ3v) is 2.01. The molecule has 1 rings (SSSR count). The highest BCUT2D eigenvalue weighted by molar-refractivity contribution is 5.80. The van der Waals surface area contributed by atoms with Crippen LogP contribution in [0.4, 0.5) is 0 Å². The standard InChI is InChI=1S/C9H15N3O2/c1-7(5-13)11-9(14)8(2)12-4-3-10-6-12/h3-4,6-8,13H,5H2,1-2H3,(H,11,14). The highest BCUT2D eigenvalue weighted by Gasteiger charge is 2.15. The highest BCUT2D eigenvalue weighted by Crippen LogP contribution is 2.04. The molecule has 0 spiro atoms. The Labute approximate surface area is 82.8 Å². The second kappa shape index (κ2) is 4.76. The van der Waals surface area contributed by atoms with E-state index < -0.39 is 0 Å². The first kappa shape index (κ1) is 10.7. The molecule has 0 saturated carbocycles. The van der Waals surface area contributed by atoms with E-state index in [-0.39, 0.29) is 24.6 Å². The molecule has 78 valence electrons. The number of carbonyl (C=O) groups excluding carboxylic acids is 1. The van der Waals surface area contributed by atoms with E-state index in [1.54, 1.807) is 37.1 Å². The van der Waals surface area contributed by atoms with E-state index in [9.17, 15) is 4.79 Å². The molecule has 0 aliphatic carbocycles. The second-order valence-electron chi connectivity index (χ2n) is 3.28. The van der Waals surface area contributed by atoms with Gasteiger partial charge >= 0.3 is 0 Å². The average Bonchev–Trinajstić information content (AvgIpc) is 2.69. The van der Waals surface area contributed by atoms with E-state index in [0.29, 0.717) is 0 Å². The summed E-state index contributed by atoms with van der Waals surface area (Å²) < 4.78 is 1.71. The molecule has 0 fully saturated rings. The van der Waals surface area contributed by atoms with Crippen LogP contribution in [0.2, 0.25) is 0 Å². The number of aliphatic hydroxyl groups is 1. The highest BCUT2D eigenvalue weighted by atomic mass is 16.3. The van der Waals surface area contributed by atoms with Crippen molar-refractivity contribution in [2.24, 2.45) is 0 Å². The number of imidazole rings is 1. The van der Waals surface area contributed by atoms with E-state index in [1.165, 1.54) is 0 Å². The van der Waals surface area contributed by atoms with Crippen molar-refractivity contribution in [3.63, 3.8) is 0 Å². The summed E-state index contributed by atoms with van der Waals surface area (Å²) in [5.74, 6) is -0.121. The summed E-state index contributed by atoms with van der Waals surface area (Å²) in [5, 5.41) is 11.4. The first-order chi connectivity index (χ1) is 6.65. The Morgan fingerprint density at radius 2 is 2.36 bits per heavy atom. The lowest BCUT2D eigenvalue weighted by molar-refractivity contribution is -0.124. The summed E-state index contributed by atoms with van der Waals surface area (Å²) in [6.07, 6.45) is 4.95. The van der Waals surface area contributed by atoms with Crippen molar-refractivity contribution in [1.82, 2.24) is 14.9 Å². The third kappa shape index (κ3) is 2.56. The molecular weight excluding hydrogens is 182 g/mol. The summed E-state index contributed by atoms with van der Waals surface area (Å²) in [5.41, 5.74) is 0. The minimum atomic E-state index is -0.300.